The molecule has 1 aromatic heterocycles. The Labute approximate surface area is 182 Å². The zero-order valence-corrected chi connectivity index (χ0v) is 17.6. The van der Waals surface area contributed by atoms with Crippen LogP contribution in [0.3, 0.4) is 0 Å². The van der Waals surface area contributed by atoms with Crippen LogP contribution in [0, 0.1) is 21.7 Å². The summed E-state index contributed by atoms with van der Waals surface area (Å²) in [5.74, 6) is -1.39. The summed E-state index contributed by atoms with van der Waals surface area (Å²) < 4.78 is 29.4. The van der Waals surface area contributed by atoms with Crippen LogP contribution in [0.2, 0.25) is 0 Å². The monoisotopic (exact) mass is 441 g/mol. The number of thiazole rings is 1. The average molecular weight is 442 g/mol. The van der Waals surface area contributed by atoms with Gasteiger partial charge in [0.25, 0.3) is 5.69 Å². The summed E-state index contributed by atoms with van der Waals surface area (Å²) in [6.07, 6.45) is 7.64. The standard InChI is InChI=1S/C23H21F2N3O2S/c24-18-9-10-21(20(25)14-18)26-23-27(12-11-16-5-2-1-3-6-16)22(15-31-23)17-7-4-8-19(13-17)28(29)30/h4-5,7-10,13-15H,1-3,6,11-12H2. The van der Waals surface area contributed by atoms with Gasteiger partial charge in [-0.2, -0.15) is 0 Å². The van der Waals surface area contributed by atoms with Crippen molar-refractivity contribution in [3.8, 4) is 11.3 Å². The predicted molar refractivity (Wildman–Crippen MR) is 117 cm³/mol. The lowest BCUT2D eigenvalue weighted by Crippen LogP contribution is -2.17. The molecule has 0 aliphatic heterocycles. The number of halogens is 2. The molecule has 0 N–H and O–H groups in total. The highest BCUT2D eigenvalue weighted by molar-refractivity contribution is 7.07. The van der Waals surface area contributed by atoms with Crippen LogP contribution in [0.4, 0.5) is 20.2 Å². The van der Waals surface area contributed by atoms with E-state index in [1.54, 1.807) is 6.07 Å². The number of non-ortho nitro benzene ring substituents is 1. The maximum absolute atomic E-state index is 14.2. The van der Waals surface area contributed by atoms with E-state index in [0.29, 0.717) is 16.9 Å². The second-order valence-corrected chi connectivity index (χ2v) is 8.26. The van der Waals surface area contributed by atoms with Crippen molar-refractivity contribution in [2.24, 2.45) is 4.99 Å². The van der Waals surface area contributed by atoms with E-state index < -0.39 is 16.6 Å². The summed E-state index contributed by atoms with van der Waals surface area (Å²) in [7, 11) is 0. The first-order valence-electron chi connectivity index (χ1n) is 10.1. The lowest BCUT2D eigenvalue weighted by atomic mass is 9.97. The Hall–Kier alpha value is -3.13. The van der Waals surface area contributed by atoms with Crippen LogP contribution in [0.5, 0.6) is 0 Å². The molecule has 0 unspecified atom stereocenters. The van der Waals surface area contributed by atoms with Crippen molar-refractivity contribution in [1.82, 2.24) is 4.57 Å². The number of rotatable bonds is 6. The van der Waals surface area contributed by atoms with Crippen molar-refractivity contribution in [3.05, 3.63) is 86.0 Å². The van der Waals surface area contributed by atoms with Gasteiger partial charge in [0, 0.05) is 35.7 Å². The summed E-state index contributed by atoms with van der Waals surface area (Å²) in [5.41, 5.74) is 2.93. The zero-order chi connectivity index (χ0) is 21.8. The van der Waals surface area contributed by atoms with Crippen LogP contribution in [-0.4, -0.2) is 9.49 Å². The molecular formula is C23H21F2N3O2S. The van der Waals surface area contributed by atoms with Crippen LogP contribution in [-0.2, 0) is 6.54 Å². The molecule has 1 heterocycles. The highest BCUT2D eigenvalue weighted by Gasteiger charge is 2.14. The molecule has 0 bridgehead atoms. The Kier molecular flexibility index (Phi) is 6.36. The molecule has 0 fully saturated rings. The third-order valence-electron chi connectivity index (χ3n) is 5.32. The Morgan fingerprint density at radius 1 is 1.16 bits per heavy atom. The van der Waals surface area contributed by atoms with Crippen molar-refractivity contribution in [1.29, 1.82) is 0 Å². The minimum Gasteiger partial charge on any atom is -0.316 e. The second-order valence-electron chi connectivity index (χ2n) is 7.43. The number of benzene rings is 2. The molecule has 3 aromatic rings. The van der Waals surface area contributed by atoms with Gasteiger partial charge in [-0.25, -0.2) is 13.8 Å². The van der Waals surface area contributed by atoms with Crippen LogP contribution in [0.15, 0.2) is 64.5 Å². The van der Waals surface area contributed by atoms with Gasteiger partial charge >= 0.3 is 0 Å². The highest BCUT2D eigenvalue weighted by atomic mass is 32.1. The Morgan fingerprint density at radius 2 is 2.03 bits per heavy atom. The first-order valence-corrected chi connectivity index (χ1v) is 11.0. The molecule has 5 nitrogen and oxygen atoms in total. The quantitative estimate of drug-likeness (QED) is 0.248. The largest absolute Gasteiger partial charge is 0.316 e. The normalized spacial score (nSPS) is 14.5. The molecule has 4 rings (SSSR count). The molecule has 0 radical (unpaired) electrons. The Bertz CT molecular complexity index is 1210. The van der Waals surface area contributed by atoms with Gasteiger partial charge in [-0.3, -0.25) is 10.1 Å². The first-order chi connectivity index (χ1) is 15.0. The molecule has 31 heavy (non-hydrogen) atoms. The third-order valence-corrected chi connectivity index (χ3v) is 6.18. The zero-order valence-electron chi connectivity index (χ0n) is 16.8. The van der Waals surface area contributed by atoms with Crippen molar-refractivity contribution in [2.45, 2.75) is 38.6 Å². The molecule has 0 amide bonds. The molecule has 0 saturated heterocycles. The lowest BCUT2D eigenvalue weighted by Gasteiger charge is -2.14. The smallest absolute Gasteiger partial charge is 0.270 e. The average Bonchev–Trinajstić information content (AvgIpc) is 3.17. The van der Waals surface area contributed by atoms with E-state index >= 15 is 0 Å². The fourth-order valence-electron chi connectivity index (χ4n) is 3.71. The highest BCUT2D eigenvalue weighted by Crippen LogP contribution is 2.27. The Morgan fingerprint density at radius 3 is 2.77 bits per heavy atom. The fourth-order valence-corrected chi connectivity index (χ4v) is 4.65. The molecule has 160 valence electrons. The summed E-state index contributed by atoms with van der Waals surface area (Å²) in [5, 5.41) is 13.1. The van der Waals surface area contributed by atoms with Crippen LogP contribution >= 0.6 is 11.3 Å². The van der Waals surface area contributed by atoms with Gasteiger partial charge < -0.3 is 4.57 Å². The summed E-state index contributed by atoms with van der Waals surface area (Å²) in [6, 6.07) is 9.74. The van der Waals surface area contributed by atoms with Gasteiger partial charge in [-0.1, -0.05) is 23.8 Å². The minimum absolute atomic E-state index is 0.00769. The van der Waals surface area contributed by atoms with Crippen molar-refractivity contribution in [3.63, 3.8) is 0 Å². The lowest BCUT2D eigenvalue weighted by molar-refractivity contribution is -0.384. The summed E-state index contributed by atoms with van der Waals surface area (Å²) in [4.78, 5) is 15.8. The predicted octanol–water partition coefficient (Wildman–Crippen LogP) is 6.53. The van der Waals surface area contributed by atoms with Crippen LogP contribution in [0.1, 0.15) is 32.1 Å². The third kappa shape index (κ3) is 4.96. The second kappa shape index (κ2) is 9.34. The summed E-state index contributed by atoms with van der Waals surface area (Å²) >= 11 is 1.33. The van der Waals surface area contributed by atoms with E-state index in [9.17, 15) is 18.9 Å². The number of nitro groups is 1. The molecule has 2 aromatic carbocycles. The number of hydrogen-bond acceptors (Lipinski definition) is 4. The van der Waals surface area contributed by atoms with Gasteiger partial charge in [0.1, 0.15) is 11.5 Å². The van der Waals surface area contributed by atoms with Gasteiger partial charge in [-0.15, -0.1) is 11.3 Å². The maximum Gasteiger partial charge on any atom is 0.270 e. The van der Waals surface area contributed by atoms with E-state index in [1.165, 1.54) is 54.0 Å². The van der Waals surface area contributed by atoms with Crippen LogP contribution in [0.25, 0.3) is 11.3 Å². The van der Waals surface area contributed by atoms with Crippen molar-refractivity contribution < 1.29 is 13.7 Å². The number of allylic oxidation sites excluding steroid dienone is 2. The molecule has 1 aliphatic carbocycles. The van der Waals surface area contributed by atoms with Gasteiger partial charge in [0.2, 0.25) is 0 Å². The number of aromatic nitrogens is 1. The maximum atomic E-state index is 14.2. The fraction of sp³-hybridized carbons (Fsp3) is 0.261. The molecule has 0 spiro atoms. The van der Waals surface area contributed by atoms with Gasteiger partial charge in [-0.05, 0) is 44.2 Å². The van der Waals surface area contributed by atoms with Crippen molar-refractivity contribution >= 4 is 22.7 Å². The van der Waals surface area contributed by atoms with E-state index in [4.69, 9.17) is 0 Å². The van der Waals surface area contributed by atoms with Crippen molar-refractivity contribution in [2.75, 3.05) is 0 Å². The number of nitro benzene ring substituents is 1. The molecule has 8 heteroatoms. The topological polar surface area (TPSA) is 60.4 Å². The minimum atomic E-state index is -0.730. The molecule has 0 atom stereocenters. The molecule has 0 saturated carbocycles. The Balaban J connectivity index is 1.78. The number of nitrogens with zero attached hydrogens (tertiary/aromatic N) is 3. The van der Waals surface area contributed by atoms with E-state index in [1.807, 2.05) is 16.0 Å². The van der Waals surface area contributed by atoms with Gasteiger partial charge in [0.15, 0.2) is 10.6 Å². The van der Waals surface area contributed by atoms with Crippen LogP contribution < -0.4 is 4.80 Å². The number of hydrogen-bond donors (Lipinski definition) is 0. The van der Waals surface area contributed by atoms with E-state index in [0.717, 1.165) is 31.0 Å². The van der Waals surface area contributed by atoms with Gasteiger partial charge in [0.05, 0.1) is 10.6 Å². The summed E-state index contributed by atoms with van der Waals surface area (Å²) in [6.45, 7) is 0.620. The molecule has 1 aliphatic rings. The van der Waals surface area contributed by atoms with E-state index in [-0.39, 0.29) is 11.4 Å². The first kappa shape index (κ1) is 21.1. The molecular weight excluding hydrogens is 420 g/mol. The SMILES string of the molecule is O=[N+]([O-])c1cccc(-c2csc(=Nc3ccc(F)cc3F)n2CCC2=CCCCC2)c1. The van der Waals surface area contributed by atoms with E-state index in [2.05, 4.69) is 11.1 Å².